The number of anilines is 1. The van der Waals surface area contributed by atoms with Crippen LogP contribution in [0.4, 0.5) is 32.4 Å². The maximum absolute atomic E-state index is 15.4. The Labute approximate surface area is 326 Å². The molecule has 2 aliphatic heterocycles. The number of aromatic nitrogens is 7. The molecule has 20 heteroatoms. The maximum Gasteiger partial charge on any atom is 0.401 e. The summed E-state index contributed by atoms with van der Waals surface area (Å²) in [7, 11) is 0. The first kappa shape index (κ1) is 38.7. The van der Waals surface area contributed by atoms with Gasteiger partial charge in [-0.1, -0.05) is 17.3 Å². The molecule has 3 aliphatic rings. The van der Waals surface area contributed by atoms with Gasteiger partial charge >= 0.3 is 12.2 Å². The van der Waals surface area contributed by atoms with Crippen LogP contribution in [-0.2, 0) is 23.3 Å². The molecule has 1 aliphatic carbocycles. The number of H-pyrrole nitrogens is 1. The molecule has 3 N–H and O–H groups in total. The number of hydrogen-bond acceptors (Lipinski definition) is 11. The third-order valence-corrected chi connectivity index (χ3v) is 11.0. The largest absolute Gasteiger partial charge is 0.401 e. The zero-order valence-electron chi connectivity index (χ0n) is 31.4. The predicted octanol–water partition coefficient (Wildman–Crippen LogP) is 5.49. The van der Waals surface area contributed by atoms with Crippen molar-refractivity contribution in [2.75, 3.05) is 24.5 Å². The minimum absolute atomic E-state index is 0.0110. The van der Waals surface area contributed by atoms with Crippen LogP contribution in [0, 0.1) is 24.0 Å². The van der Waals surface area contributed by atoms with E-state index in [0.29, 0.717) is 29.2 Å². The molecule has 58 heavy (non-hydrogen) atoms. The second-order valence-corrected chi connectivity index (χ2v) is 15.6. The molecule has 0 radical (unpaired) electrons. The molecule has 1 spiro atoms. The molecule has 0 unspecified atom stereocenters. The number of amides is 4. The molecular formula is C38H36F5N11O4. The first-order valence-electron chi connectivity index (χ1n) is 18.3. The van der Waals surface area contributed by atoms with Crippen molar-refractivity contribution in [2.45, 2.75) is 70.6 Å². The fourth-order valence-electron chi connectivity index (χ4n) is 7.66. The van der Waals surface area contributed by atoms with E-state index < -0.39 is 41.0 Å². The third kappa shape index (κ3) is 7.27. The summed E-state index contributed by atoms with van der Waals surface area (Å²) in [4.78, 5) is 56.9. The molecule has 0 atom stereocenters. The van der Waals surface area contributed by atoms with Crippen molar-refractivity contribution in [1.29, 1.82) is 0 Å². The molecule has 8 rings (SSSR count). The van der Waals surface area contributed by atoms with Crippen LogP contribution < -0.4 is 15.5 Å². The molecule has 4 amide bonds. The highest BCUT2D eigenvalue weighted by Crippen LogP contribution is 2.56. The van der Waals surface area contributed by atoms with Gasteiger partial charge in [-0.15, -0.1) is 0 Å². The number of halogens is 5. The van der Waals surface area contributed by atoms with E-state index in [1.807, 2.05) is 6.07 Å². The first-order chi connectivity index (χ1) is 27.5. The Bertz CT molecular complexity index is 2420. The minimum atomic E-state index is -4.57. The monoisotopic (exact) mass is 805 g/mol. The number of carbonyl (C=O) groups is 3. The molecule has 302 valence electrons. The highest BCUT2D eigenvalue weighted by Gasteiger charge is 2.53. The van der Waals surface area contributed by atoms with Crippen LogP contribution in [0.5, 0.6) is 0 Å². The highest BCUT2D eigenvalue weighted by molar-refractivity contribution is 6.05. The number of pyridine rings is 1. The smallest absolute Gasteiger partial charge is 0.350 e. The predicted molar refractivity (Wildman–Crippen MR) is 194 cm³/mol. The average molecular weight is 806 g/mol. The van der Waals surface area contributed by atoms with Gasteiger partial charge in [-0.2, -0.15) is 18.3 Å². The van der Waals surface area contributed by atoms with Gasteiger partial charge in [0.15, 0.2) is 17.3 Å². The van der Waals surface area contributed by atoms with Crippen molar-refractivity contribution in [2.24, 2.45) is 5.41 Å². The summed E-state index contributed by atoms with van der Waals surface area (Å²) in [6, 6.07) is 7.00. The molecule has 1 aromatic carbocycles. The Balaban J connectivity index is 0.822. The lowest BCUT2D eigenvalue weighted by atomic mass is 9.56. The molecule has 2 saturated heterocycles. The Morgan fingerprint density at radius 2 is 1.78 bits per heavy atom. The Morgan fingerprint density at radius 3 is 2.47 bits per heavy atom. The summed E-state index contributed by atoms with van der Waals surface area (Å²) in [6.45, 7) is 5.67. The van der Waals surface area contributed by atoms with E-state index in [4.69, 9.17) is 4.52 Å². The number of carbonyl (C=O) groups excluding carboxylic acids is 3. The van der Waals surface area contributed by atoms with E-state index in [9.17, 15) is 27.6 Å². The van der Waals surface area contributed by atoms with Crippen molar-refractivity contribution in [3.8, 4) is 22.6 Å². The number of urea groups is 1. The highest BCUT2D eigenvalue weighted by atomic mass is 19.4. The Hall–Kier alpha value is -6.18. The molecule has 5 aromatic rings. The van der Waals surface area contributed by atoms with E-state index in [1.54, 1.807) is 13.0 Å². The van der Waals surface area contributed by atoms with Gasteiger partial charge in [0, 0.05) is 74.2 Å². The van der Waals surface area contributed by atoms with E-state index in [-0.39, 0.29) is 65.4 Å². The second kappa shape index (κ2) is 14.3. The molecule has 15 nitrogen and oxygen atoms in total. The number of aromatic amines is 1. The molecule has 4 aromatic heterocycles. The summed E-state index contributed by atoms with van der Waals surface area (Å²) in [5.74, 6) is -2.59. The number of nitrogens with one attached hydrogen (secondary N) is 3. The number of benzene rings is 1. The topological polar surface area (TPSA) is 188 Å². The van der Waals surface area contributed by atoms with Gasteiger partial charge in [0.1, 0.15) is 22.9 Å². The molecule has 3 fully saturated rings. The number of rotatable bonds is 10. The fraction of sp³-hybridized carbons (Fsp3) is 0.395. The SMILES string of the molecule is Cc1nc(C2CC3(C2)CN(Cc2ccc(-c4cnc(-c5cc(C(=O)NCc6nc(C(C)(C)C(F)(F)F)n[nH]6)on5)nc4)c(F)c2)C3)c(F)cc1N1CCC(=O)NC1=O. The van der Waals surface area contributed by atoms with E-state index in [0.717, 1.165) is 45.3 Å². The van der Waals surface area contributed by atoms with Crippen molar-refractivity contribution in [1.82, 2.24) is 50.8 Å². The lowest BCUT2D eigenvalue weighted by Gasteiger charge is -2.59. The zero-order valence-corrected chi connectivity index (χ0v) is 31.4. The summed E-state index contributed by atoms with van der Waals surface area (Å²) in [6.07, 6.45) is -0.0458. The van der Waals surface area contributed by atoms with Gasteiger partial charge in [-0.25, -0.2) is 28.5 Å². The number of hydrogen-bond donors (Lipinski definition) is 3. The van der Waals surface area contributed by atoms with Crippen molar-refractivity contribution < 1.29 is 40.9 Å². The molecule has 6 heterocycles. The van der Waals surface area contributed by atoms with Crippen LogP contribution in [0.3, 0.4) is 0 Å². The second-order valence-electron chi connectivity index (χ2n) is 15.6. The Kier molecular flexibility index (Phi) is 9.56. The Morgan fingerprint density at radius 1 is 1.03 bits per heavy atom. The molecular weight excluding hydrogens is 769 g/mol. The number of likely N-dealkylation sites (tertiary alicyclic amines) is 1. The van der Waals surface area contributed by atoms with E-state index in [1.165, 1.54) is 35.5 Å². The van der Waals surface area contributed by atoms with Crippen LogP contribution in [0.25, 0.3) is 22.6 Å². The summed E-state index contributed by atoms with van der Waals surface area (Å²) < 4.78 is 75.6. The van der Waals surface area contributed by atoms with Gasteiger partial charge in [-0.05, 0) is 50.7 Å². The van der Waals surface area contributed by atoms with Crippen LogP contribution in [0.1, 0.15) is 78.2 Å². The maximum atomic E-state index is 15.4. The zero-order chi connectivity index (χ0) is 41.1. The van der Waals surface area contributed by atoms with Gasteiger partial charge in [0.2, 0.25) is 11.7 Å². The van der Waals surface area contributed by atoms with Crippen molar-refractivity contribution >= 4 is 23.5 Å². The fourth-order valence-corrected chi connectivity index (χ4v) is 7.66. The summed E-state index contributed by atoms with van der Waals surface area (Å²) in [5.41, 5.74) is 0.640. The number of imide groups is 1. The molecule has 0 bridgehead atoms. The lowest BCUT2D eigenvalue weighted by Crippen LogP contribution is -2.61. The van der Waals surface area contributed by atoms with E-state index >= 15 is 8.78 Å². The number of aryl methyl sites for hydroxylation is 1. The standard InChI is InChI=1S/C38H36F5N11O4/c1-19-27(54-7-6-30(55)49-35(54)57)9-25(40)31(47-19)21-11-37(12-21)17-53(18-37)16-20-4-5-23(24(39)8-20)22-13-44-32(45-14-22)26-10-28(58-52-26)33(56)46-15-29-48-34(51-50-29)36(2,3)38(41,42)43/h4-5,8-10,13-14,21H,6-7,11-12,15-18H2,1-3H3,(H,46,56)(H,48,50,51)(H,49,55,57). The van der Waals surface area contributed by atoms with Gasteiger partial charge in [0.05, 0.1) is 23.6 Å². The summed E-state index contributed by atoms with van der Waals surface area (Å²) in [5, 5.41) is 14.6. The normalized spacial score (nSPS) is 17.3. The van der Waals surface area contributed by atoms with Gasteiger partial charge in [-0.3, -0.25) is 34.8 Å². The summed E-state index contributed by atoms with van der Waals surface area (Å²) >= 11 is 0. The quantitative estimate of drug-likeness (QED) is 0.151. The minimum Gasteiger partial charge on any atom is -0.350 e. The van der Waals surface area contributed by atoms with Crippen LogP contribution in [0.2, 0.25) is 0 Å². The lowest BCUT2D eigenvalue weighted by molar-refractivity contribution is -0.182. The van der Waals surface area contributed by atoms with Crippen LogP contribution in [0.15, 0.2) is 47.2 Å². The number of nitrogens with zero attached hydrogens (tertiary/aromatic N) is 8. The average Bonchev–Trinajstić information content (AvgIpc) is 3.84. The van der Waals surface area contributed by atoms with Gasteiger partial charge in [0.25, 0.3) is 5.91 Å². The van der Waals surface area contributed by atoms with Gasteiger partial charge < -0.3 is 9.84 Å². The molecule has 1 saturated carbocycles. The van der Waals surface area contributed by atoms with E-state index in [2.05, 4.69) is 50.8 Å². The van der Waals surface area contributed by atoms with Crippen molar-refractivity contribution in [3.63, 3.8) is 0 Å². The van der Waals surface area contributed by atoms with Crippen LogP contribution >= 0.6 is 0 Å². The third-order valence-electron chi connectivity index (χ3n) is 11.0. The number of alkyl halides is 3. The van der Waals surface area contributed by atoms with Crippen LogP contribution in [-0.4, -0.2) is 83.8 Å². The van der Waals surface area contributed by atoms with Crippen molar-refractivity contribution in [3.05, 3.63) is 88.7 Å². The first-order valence-corrected chi connectivity index (χ1v) is 18.3.